The van der Waals surface area contributed by atoms with E-state index < -0.39 is 5.60 Å². The van der Waals surface area contributed by atoms with Crippen molar-refractivity contribution in [2.75, 3.05) is 13.2 Å². The van der Waals surface area contributed by atoms with Gasteiger partial charge >= 0.3 is 0 Å². The van der Waals surface area contributed by atoms with Crippen molar-refractivity contribution in [1.29, 1.82) is 0 Å². The second kappa shape index (κ2) is 5.48. The highest BCUT2D eigenvalue weighted by Crippen LogP contribution is 2.25. The molecule has 2 rings (SSSR count). The molecule has 1 saturated carbocycles. The van der Waals surface area contributed by atoms with Gasteiger partial charge < -0.3 is 15.2 Å². The van der Waals surface area contributed by atoms with Gasteiger partial charge in [0.05, 0.1) is 6.10 Å². The molecular weight excluding hydrogens is 202 g/mol. The summed E-state index contributed by atoms with van der Waals surface area (Å²) in [6.45, 7) is 3.37. The summed E-state index contributed by atoms with van der Waals surface area (Å²) in [6.07, 6.45) is 8.71. The highest BCUT2D eigenvalue weighted by molar-refractivity contribution is 4.92. The van der Waals surface area contributed by atoms with Gasteiger partial charge in [0.2, 0.25) is 0 Å². The van der Waals surface area contributed by atoms with Crippen molar-refractivity contribution in [3.05, 3.63) is 0 Å². The first-order chi connectivity index (χ1) is 7.71. The highest BCUT2D eigenvalue weighted by Gasteiger charge is 2.39. The predicted octanol–water partition coefficient (Wildman–Crippen LogP) is 1.84. The van der Waals surface area contributed by atoms with Gasteiger partial charge in [0, 0.05) is 25.6 Å². The molecule has 1 heterocycles. The molecule has 1 saturated heterocycles. The monoisotopic (exact) mass is 227 g/mol. The number of nitrogens with one attached hydrogen (secondary N) is 1. The van der Waals surface area contributed by atoms with Crippen LogP contribution in [0.15, 0.2) is 0 Å². The second-order valence-corrected chi connectivity index (χ2v) is 5.44. The van der Waals surface area contributed by atoms with Crippen LogP contribution in [0.4, 0.5) is 0 Å². The Kier molecular flexibility index (Phi) is 4.22. The van der Waals surface area contributed by atoms with E-state index in [2.05, 4.69) is 5.32 Å². The lowest BCUT2D eigenvalue weighted by Crippen LogP contribution is -2.48. The van der Waals surface area contributed by atoms with Crippen molar-refractivity contribution in [1.82, 2.24) is 5.32 Å². The molecule has 0 aromatic carbocycles. The number of rotatable bonds is 3. The third-order valence-electron chi connectivity index (χ3n) is 4.21. The third-order valence-corrected chi connectivity index (χ3v) is 4.21. The van der Waals surface area contributed by atoms with Crippen molar-refractivity contribution >= 4 is 0 Å². The molecule has 0 bridgehead atoms. The van der Waals surface area contributed by atoms with E-state index >= 15 is 0 Å². The Morgan fingerprint density at radius 3 is 2.50 bits per heavy atom. The smallest absolute Gasteiger partial charge is 0.105 e. The zero-order chi connectivity index (χ0) is 11.4. The normalized spacial score (nSPS) is 37.5. The van der Waals surface area contributed by atoms with Crippen molar-refractivity contribution < 1.29 is 9.84 Å². The van der Waals surface area contributed by atoms with Crippen LogP contribution in [0.3, 0.4) is 0 Å². The summed E-state index contributed by atoms with van der Waals surface area (Å²) in [4.78, 5) is 0. The Labute approximate surface area is 98.6 Å². The quantitative estimate of drug-likeness (QED) is 0.723. The number of hydrogen-bond donors (Lipinski definition) is 2. The molecule has 94 valence electrons. The van der Waals surface area contributed by atoms with E-state index in [9.17, 15) is 5.11 Å². The molecule has 2 fully saturated rings. The lowest BCUT2D eigenvalue weighted by Gasteiger charge is -2.29. The summed E-state index contributed by atoms with van der Waals surface area (Å²) >= 11 is 0. The standard InChI is InChI=1S/C13H25NO2/c1-11-13(15,8-9-16-11)10-14-12-6-4-2-3-5-7-12/h11-12,14-15H,2-10H2,1H3. The van der Waals surface area contributed by atoms with E-state index in [1.54, 1.807) is 0 Å². The summed E-state index contributed by atoms with van der Waals surface area (Å²) in [5, 5.41) is 13.9. The second-order valence-electron chi connectivity index (χ2n) is 5.44. The lowest BCUT2D eigenvalue weighted by molar-refractivity contribution is -0.0279. The van der Waals surface area contributed by atoms with Gasteiger partial charge in [-0.2, -0.15) is 0 Å². The van der Waals surface area contributed by atoms with Gasteiger partial charge in [0.15, 0.2) is 0 Å². The molecule has 1 aliphatic carbocycles. The van der Waals surface area contributed by atoms with Crippen molar-refractivity contribution in [3.63, 3.8) is 0 Å². The molecule has 0 aromatic rings. The number of aliphatic hydroxyl groups is 1. The van der Waals surface area contributed by atoms with Crippen LogP contribution in [0.1, 0.15) is 51.9 Å². The third kappa shape index (κ3) is 2.96. The molecule has 2 atom stereocenters. The van der Waals surface area contributed by atoms with Crippen LogP contribution in [-0.4, -0.2) is 36.0 Å². The van der Waals surface area contributed by atoms with Crippen LogP contribution in [0, 0.1) is 0 Å². The highest BCUT2D eigenvalue weighted by atomic mass is 16.5. The first-order valence-electron chi connectivity index (χ1n) is 6.78. The molecule has 2 unspecified atom stereocenters. The van der Waals surface area contributed by atoms with Gasteiger partial charge in [-0.1, -0.05) is 25.7 Å². The van der Waals surface area contributed by atoms with Gasteiger partial charge in [0.1, 0.15) is 5.60 Å². The fraction of sp³-hybridized carbons (Fsp3) is 1.00. The lowest BCUT2D eigenvalue weighted by atomic mass is 9.96. The minimum Gasteiger partial charge on any atom is -0.386 e. The Bertz CT molecular complexity index is 214. The fourth-order valence-corrected chi connectivity index (χ4v) is 2.81. The van der Waals surface area contributed by atoms with Gasteiger partial charge in [-0.25, -0.2) is 0 Å². The van der Waals surface area contributed by atoms with Gasteiger partial charge in [-0.3, -0.25) is 0 Å². The first kappa shape index (κ1) is 12.3. The summed E-state index contributed by atoms with van der Waals surface area (Å²) in [5.74, 6) is 0. The molecule has 1 aliphatic heterocycles. The molecule has 2 aliphatic rings. The van der Waals surface area contributed by atoms with E-state index in [-0.39, 0.29) is 6.10 Å². The zero-order valence-electron chi connectivity index (χ0n) is 10.4. The van der Waals surface area contributed by atoms with Crippen LogP contribution in [0.2, 0.25) is 0 Å². The molecule has 0 amide bonds. The summed E-state index contributed by atoms with van der Waals surface area (Å²) in [6, 6.07) is 0.610. The maximum Gasteiger partial charge on any atom is 0.105 e. The fourth-order valence-electron chi connectivity index (χ4n) is 2.81. The molecular formula is C13H25NO2. The Morgan fingerprint density at radius 1 is 1.25 bits per heavy atom. The van der Waals surface area contributed by atoms with Crippen molar-refractivity contribution in [2.45, 2.75) is 69.6 Å². The molecule has 2 N–H and O–H groups in total. The first-order valence-corrected chi connectivity index (χ1v) is 6.78. The minimum atomic E-state index is -0.633. The van der Waals surface area contributed by atoms with Gasteiger partial charge in [-0.05, 0) is 19.8 Å². The van der Waals surface area contributed by atoms with E-state index in [1.807, 2.05) is 6.92 Å². The van der Waals surface area contributed by atoms with Crippen LogP contribution in [-0.2, 0) is 4.74 Å². The molecule has 0 spiro atoms. The molecule has 0 radical (unpaired) electrons. The summed E-state index contributed by atoms with van der Waals surface area (Å²) in [5.41, 5.74) is -0.633. The van der Waals surface area contributed by atoms with E-state index in [0.29, 0.717) is 19.2 Å². The SMILES string of the molecule is CC1OCCC1(O)CNC1CCCCCC1. The summed E-state index contributed by atoms with van der Waals surface area (Å²) in [7, 11) is 0. The minimum absolute atomic E-state index is 0.0224. The maximum absolute atomic E-state index is 10.4. The van der Waals surface area contributed by atoms with E-state index in [1.165, 1.54) is 38.5 Å². The Morgan fingerprint density at radius 2 is 1.94 bits per heavy atom. The topological polar surface area (TPSA) is 41.5 Å². The predicted molar refractivity (Wildman–Crippen MR) is 64.5 cm³/mol. The van der Waals surface area contributed by atoms with Crippen LogP contribution in [0.5, 0.6) is 0 Å². The average molecular weight is 227 g/mol. The average Bonchev–Trinajstić information content (AvgIpc) is 2.52. The molecule has 16 heavy (non-hydrogen) atoms. The van der Waals surface area contributed by atoms with Crippen molar-refractivity contribution in [2.24, 2.45) is 0 Å². The number of ether oxygens (including phenoxy) is 1. The zero-order valence-corrected chi connectivity index (χ0v) is 10.4. The van der Waals surface area contributed by atoms with E-state index in [0.717, 1.165) is 6.42 Å². The van der Waals surface area contributed by atoms with Crippen LogP contribution < -0.4 is 5.32 Å². The van der Waals surface area contributed by atoms with Crippen LogP contribution in [0.25, 0.3) is 0 Å². The van der Waals surface area contributed by atoms with Gasteiger partial charge in [-0.15, -0.1) is 0 Å². The van der Waals surface area contributed by atoms with E-state index in [4.69, 9.17) is 4.74 Å². The Hall–Kier alpha value is -0.120. The summed E-state index contributed by atoms with van der Waals surface area (Å²) < 4.78 is 5.44. The molecule has 0 aromatic heterocycles. The Balaban J connectivity index is 1.77. The largest absolute Gasteiger partial charge is 0.386 e. The molecule has 3 nitrogen and oxygen atoms in total. The van der Waals surface area contributed by atoms with Gasteiger partial charge in [0.25, 0.3) is 0 Å². The van der Waals surface area contributed by atoms with Crippen LogP contribution >= 0.6 is 0 Å². The van der Waals surface area contributed by atoms with Crippen molar-refractivity contribution in [3.8, 4) is 0 Å². The number of hydrogen-bond acceptors (Lipinski definition) is 3. The molecule has 3 heteroatoms. The maximum atomic E-state index is 10.4.